The smallest absolute Gasteiger partial charge is 0.180 e. The van der Waals surface area contributed by atoms with Gasteiger partial charge in [0.05, 0.1) is 18.9 Å². The fraction of sp³-hybridized carbons (Fsp3) is 0.250. The molecule has 3 rings (SSSR count). The van der Waals surface area contributed by atoms with E-state index in [4.69, 9.17) is 15.2 Å². The van der Waals surface area contributed by atoms with Gasteiger partial charge in [0, 0.05) is 17.4 Å². The predicted octanol–water partition coefficient (Wildman–Crippen LogP) is 4.80. The molecular weight excluding hydrogens is 332 g/mol. The van der Waals surface area contributed by atoms with Crippen LogP contribution in [0.25, 0.3) is 11.3 Å². The number of hydrogen-bond acceptors (Lipinski definition) is 5. The molecule has 0 fully saturated rings. The van der Waals surface area contributed by atoms with Crippen molar-refractivity contribution in [3.63, 3.8) is 0 Å². The molecule has 2 N–H and O–H groups in total. The molecule has 0 amide bonds. The van der Waals surface area contributed by atoms with Crippen LogP contribution in [0.1, 0.15) is 18.9 Å². The number of rotatable bonds is 8. The summed E-state index contributed by atoms with van der Waals surface area (Å²) in [5.74, 6) is 1.72. The number of nitrogens with two attached hydrogens (primary N) is 1. The Morgan fingerprint density at radius 2 is 1.76 bits per heavy atom. The molecule has 0 aliphatic carbocycles. The van der Waals surface area contributed by atoms with Gasteiger partial charge in [-0.2, -0.15) is 0 Å². The quantitative estimate of drug-likeness (QED) is 0.590. The molecule has 0 radical (unpaired) electrons. The van der Waals surface area contributed by atoms with E-state index in [2.05, 4.69) is 24.0 Å². The number of benzene rings is 2. The lowest BCUT2D eigenvalue weighted by Crippen LogP contribution is -2.05. The van der Waals surface area contributed by atoms with Crippen molar-refractivity contribution in [3.05, 3.63) is 59.5 Å². The van der Waals surface area contributed by atoms with Crippen LogP contribution < -0.4 is 15.2 Å². The number of nitrogen functional groups attached to an aromatic ring is 1. The van der Waals surface area contributed by atoms with Gasteiger partial charge in [0.1, 0.15) is 11.5 Å². The molecule has 0 atom stereocenters. The summed E-state index contributed by atoms with van der Waals surface area (Å²) in [5, 5.41) is 2.51. The van der Waals surface area contributed by atoms with Crippen LogP contribution in [0.5, 0.6) is 11.5 Å². The third kappa shape index (κ3) is 4.73. The molecule has 4 nitrogen and oxygen atoms in total. The molecule has 1 heterocycles. The topological polar surface area (TPSA) is 57.4 Å². The van der Waals surface area contributed by atoms with Crippen LogP contribution in [0, 0.1) is 0 Å². The summed E-state index contributed by atoms with van der Waals surface area (Å²) in [5.41, 5.74) is 8.86. The van der Waals surface area contributed by atoms with E-state index in [0.717, 1.165) is 35.6 Å². The summed E-state index contributed by atoms with van der Waals surface area (Å²) in [6, 6.07) is 16.1. The molecule has 0 saturated heterocycles. The molecule has 25 heavy (non-hydrogen) atoms. The number of ether oxygens (including phenoxy) is 2. The zero-order valence-corrected chi connectivity index (χ0v) is 15.1. The Morgan fingerprint density at radius 1 is 1.00 bits per heavy atom. The van der Waals surface area contributed by atoms with Gasteiger partial charge in [0.2, 0.25) is 0 Å². The minimum absolute atomic E-state index is 0.562. The van der Waals surface area contributed by atoms with Crippen LogP contribution in [0.2, 0.25) is 0 Å². The Kier molecular flexibility index (Phi) is 5.90. The first kappa shape index (κ1) is 17.3. The lowest BCUT2D eigenvalue weighted by molar-refractivity contribution is 0.248. The Morgan fingerprint density at radius 3 is 2.48 bits per heavy atom. The van der Waals surface area contributed by atoms with Crippen LogP contribution >= 0.6 is 11.3 Å². The summed E-state index contributed by atoms with van der Waals surface area (Å²) < 4.78 is 11.7. The first-order valence-corrected chi connectivity index (χ1v) is 9.29. The molecule has 2 aromatic carbocycles. The molecule has 130 valence electrons. The number of aromatic nitrogens is 1. The third-order valence-corrected chi connectivity index (χ3v) is 4.51. The molecule has 0 aliphatic rings. The van der Waals surface area contributed by atoms with Gasteiger partial charge in [-0.15, -0.1) is 11.3 Å². The van der Waals surface area contributed by atoms with Gasteiger partial charge < -0.3 is 15.2 Å². The third-order valence-electron chi connectivity index (χ3n) is 3.83. The van der Waals surface area contributed by atoms with Crippen molar-refractivity contribution in [2.75, 3.05) is 18.9 Å². The lowest BCUT2D eigenvalue weighted by atomic mass is 10.1. The summed E-state index contributed by atoms with van der Waals surface area (Å²) >= 11 is 1.43. The van der Waals surface area contributed by atoms with E-state index in [9.17, 15) is 0 Å². The largest absolute Gasteiger partial charge is 0.493 e. The number of nitrogens with zero attached hydrogens (tertiary/aromatic N) is 1. The molecular formula is C20H22N2O2S. The van der Waals surface area contributed by atoms with Gasteiger partial charge in [-0.3, -0.25) is 0 Å². The van der Waals surface area contributed by atoms with E-state index in [1.165, 1.54) is 16.9 Å². The summed E-state index contributed by atoms with van der Waals surface area (Å²) in [6.45, 7) is 3.35. The number of anilines is 1. The maximum Gasteiger partial charge on any atom is 0.180 e. The number of para-hydroxylation sites is 1. The first-order valence-electron chi connectivity index (χ1n) is 8.41. The standard InChI is InChI=1S/C20H22N2O2S/c1-2-15-8-10-16(11-9-15)23-12-5-13-24-19-7-4-3-6-17(19)18-14-25-20(21)22-18/h3-4,6-11,14H,2,5,12-13H2,1H3,(H2,21,22). The maximum absolute atomic E-state index is 5.92. The maximum atomic E-state index is 5.92. The van der Waals surface area contributed by atoms with E-state index in [-0.39, 0.29) is 0 Å². The highest BCUT2D eigenvalue weighted by Gasteiger charge is 2.09. The van der Waals surface area contributed by atoms with E-state index >= 15 is 0 Å². The van der Waals surface area contributed by atoms with Gasteiger partial charge in [-0.05, 0) is 36.2 Å². The molecule has 0 unspecified atom stereocenters. The van der Waals surface area contributed by atoms with Crippen LogP contribution in [0.4, 0.5) is 5.13 Å². The second-order valence-electron chi connectivity index (χ2n) is 5.62. The van der Waals surface area contributed by atoms with Crippen molar-refractivity contribution in [1.29, 1.82) is 0 Å². The molecule has 0 spiro atoms. The van der Waals surface area contributed by atoms with Crippen LogP contribution in [0.3, 0.4) is 0 Å². The molecule has 0 saturated carbocycles. The lowest BCUT2D eigenvalue weighted by Gasteiger charge is -2.11. The summed E-state index contributed by atoms with van der Waals surface area (Å²) in [6.07, 6.45) is 1.85. The predicted molar refractivity (Wildman–Crippen MR) is 103 cm³/mol. The Bertz CT molecular complexity index is 799. The second kappa shape index (κ2) is 8.53. The molecule has 0 bridgehead atoms. The zero-order valence-electron chi connectivity index (χ0n) is 14.3. The average molecular weight is 354 g/mol. The highest BCUT2D eigenvalue weighted by atomic mass is 32.1. The SMILES string of the molecule is CCc1ccc(OCCCOc2ccccc2-c2csc(N)n2)cc1. The zero-order chi connectivity index (χ0) is 17.5. The number of thiazole rings is 1. The number of aryl methyl sites for hydroxylation is 1. The van der Waals surface area contributed by atoms with E-state index in [1.54, 1.807) is 0 Å². The van der Waals surface area contributed by atoms with E-state index in [1.807, 2.05) is 41.8 Å². The molecule has 0 aliphatic heterocycles. The summed E-state index contributed by atoms with van der Waals surface area (Å²) in [4.78, 5) is 4.33. The van der Waals surface area contributed by atoms with Crippen LogP contribution in [0.15, 0.2) is 53.9 Å². The number of hydrogen-bond donors (Lipinski definition) is 1. The van der Waals surface area contributed by atoms with Crippen LogP contribution in [-0.4, -0.2) is 18.2 Å². The Labute approximate surface area is 152 Å². The van der Waals surface area contributed by atoms with Gasteiger partial charge in [-0.1, -0.05) is 31.2 Å². The fourth-order valence-electron chi connectivity index (χ4n) is 2.47. The van der Waals surface area contributed by atoms with Gasteiger partial charge in [0.15, 0.2) is 5.13 Å². The highest BCUT2D eigenvalue weighted by Crippen LogP contribution is 2.31. The molecule has 5 heteroatoms. The average Bonchev–Trinajstić information content (AvgIpc) is 3.08. The highest BCUT2D eigenvalue weighted by molar-refractivity contribution is 7.13. The first-order chi connectivity index (χ1) is 12.3. The van der Waals surface area contributed by atoms with Crippen molar-refractivity contribution in [2.45, 2.75) is 19.8 Å². The summed E-state index contributed by atoms with van der Waals surface area (Å²) in [7, 11) is 0. The van der Waals surface area contributed by atoms with Gasteiger partial charge >= 0.3 is 0 Å². The Hall–Kier alpha value is -2.53. The van der Waals surface area contributed by atoms with Gasteiger partial charge in [-0.25, -0.2) is 4.98 Å². The van der Waals surface area contributed by atoms with Crippen molar-refractivity contribution >= 4 is 16.5 Å². The van der Waals surface area contributed by atoms with Gasteiger partial charge in [0.25, 0.3) is 0 Å². The normalized spacial score (nSPS) is 10.6. The van der Waals surface area contributed by atoms with Crippen molar-refractivity contribution < 1.29 is 9.47 Å². The minimum Gasteiger partial charge on any atom is -0.493 e. The monoisotopic (exact) mass is 354 g/mol. The van der Waals surface area contributed by atoms with Crippen LogP contribution in [-0.2, 0) is 6.42 Å². The molecule has 3 aromatic rings. The van der Waals surface area contributed by atoms with Crippen molar-refractivity contribution in [1.82, 2.24) is 4.98 Å². The second-order valence-corrected chi connectivity index (χ2v) is 6.50. The fourth-order valence-corrected chi connectivity index (χ4v) is 3.03. The molecule has 1 aromatic heterocycles. The Balaban J connectivity index is 1.49. The minimum atomic E-state index is 0.562. The van der Waals surface area contributed by atoms with Crippen molar-refractivity contribution in [3.8, 4) is 22.8 Å². The van der Waals surface area contributed by atoms with E-state index < -0.39 is 0 Å². The van der Waals surface area contributed by atoms with Crippen molar-refractivity contribution in [2.24, 2.45) is 0 Å². The van der Waals surface area contributed by atoms with E-state index in [0.29, 0.717) is 18.3 Å².